The van der Waals surface area contributed by atoms with Crippen LogP contribution in [0.3, 0.4) is 0 Å². The average molecular weight is 793 g/mol. The molecule has 3 aromatic rings. The van der Waals surface area contributed by atoms with Crippen molar-refractivity contribution in [3.05, 3.63) is 82.4 Å². The Hall–Kier alpha value is -3.54. The molecule has 7 rings (SSSR count). The Morgan fingerprint density at radius 1 is 0.607 bits per heavy atom. The number of unbranched alkanes of at least 4 members (excludes halogenated alkanes) is 2. The summed E-state index contributed by atoms with van der Waals surface area (Å²) in [6.07, 6.45) is 14.7. The number of carboxylic acid groups (broad SMARTS) is 1. The van der Waals surface area contributed by atoms with Crippen LogP contribution < -0.4 is 18.9 Å². The van der Waals surface area contributed by atoms with Crippen LogP contribution in [0, 0.1) is 11.8 Å². The highest BCUT2D eigenvalue weighted by Gasteiger charge is 2.36. The number of halogens is 1. The van der Waals surface area contributed by atoms with Crippen molar-refractivity contribution < 1.29 is 39.1 Å². The molecule has 4 aliphatic rings. The maximum Gasteiger partial charge on any atom is 0.335 e. The molecule has 1 saturated heterocycles. The van der Waals surface area contributed by atoms with Gasteiger partial charge < -0.3 is 44.1 Å². The number of aliphatic hydroxyl groups excluding tert-OH is 2. The minimum absolute atomic E-state index is 0.0937. The summed E-state index contributed by atoms with van der Waals surface area (Å²) in [5.41, 5.74) is 2.84. The summed E-state index contributed by atoms with van der Waals surface area (Å²) in [5.74, 6) is 2.73. The molecule has 1 aliphatic carbocycles. The SMILES string of the molecule is O=C(O)c1ccc(Cl)cc1.OC1CCCCCCCC1C1CN(CCCCc2ccc3c(c2)OCO3)CCCN(CCCCc2ccc3c(c2)OCO3)CC1O. The zero-order valence-electron chi connectivity index (χ0n) is 32.8. The maximum atomic E-state index is 11.9. The number of aliphatic hydroxyl groups is 2. The fraction of sp³-hybridized carbons (Fsp3) is 0.578. The Labute approximate surface area is 337 Å². The molecule has 56 heavy (non-hydrogen) atoms. The van der Waals surface area contributed by atoms with Crippen molar-refractivity contribution in [1.29, 1.82) is 0 Å². The van der Waals surface area contributed by atoms with Gasteiger partial charge in [-0.05, 0) is 150 Å². The quantitative estimate of drug-likeness (QED) is 0.155. The molecular formula is C45H61ClN2O8. The number of aromatic carboxylic acids is 1. The Bertz CT molecular complexity index is 1660. The lowest BCUT2D eigenvalue weighted by Gasteiger charge is -2.38. The molecule has 0 radical (unpaired) electrons. The van der Waals surface area contributed by atoms with Gasteiger partial charge in [-0.25, -0.2) is 4.79 Å². The molecule has 0 amide bonds. The molecule has 3 heterocycles. The van der Waals surface area contributed by atoms with Crippen LogP contribution in [-0.4, -0.2) is 96.2 Å². The summed E-state index contributed by atoms with van der Waals surface area (Å²) in [5, 5.41) is 32.3. The van der Waals surface area contributed by atoms with E-state index < -0.39 is 12.1 Å². The van der Waals surface area contributed by atoms with Gasteiger partial charge in [-0.1, -0.05) is 55.8 Å². The van der Waals surface area contributed by atoms with E-state index in [-0.39, 0.29) is 23.5 Å². The lowest BCUT2D eigenvalue weighted by atomic mass is 9.78. The van der Waals surface area contributed by atoms with Crippen molar-refractivity contribution in [2.45, 2.75) is 102 Å². The van der Waals surface area contributed by atoms with Crippen molar-refractivity contribution in [2.75, 3.05) is 52.9 Å². The largest absolute Gasteiger partial charge is 0.478 e. The molecule has 3 aromatic carbocycles. The topological polar surface area (TPSA) is 121 Å². The van der Waals surface area contributed by atoms with Gasteiger partial charge >= 0.3 is 5.97 Å². The first-order valence-electron chi connectivity index (χ1n) is 20.9. The van der Waals surface area contributed by atoms with E-state index in [0.717, 1.165) is 126 Å². The van der Waals surface area contributed by atoms with Gasteiger partial charge in [0.1, 0.15) is 0 Å². The minimum Gasteiger partial charge on any atom is -0.478 e. The average Bonchev–Trinajstić information content (AvgIpc) is 3.89. The van der Waals surface area contributed by atoms with Crippen LogP contribution in [0.15, 0.2) is 60.7 Å². The first-order valence-corrected chi connectivity index (χ1v) is 21.3. The standard InChI is InChI=1S/C38H56N2O6.C7H5ClO2/c41-33-14-5-3-1-2-4-13-31(33)32-25-39(19-8-6-11-29-15-17-35-37(23-29)45-27-43-35)21-10-22-40(26-34(32)42)20-9-7-12-30-16-18-36-38(24-30)46-28-44-36;8-6-3-1-5(2-4-6)7(9)10/h15-18,23-24,31-34,41-42H,1-14,19-22,25-28H2;1-4H,(H,9,10). The van der Waals surface area contributed by atoms with Crippen LogP contribution in [0.1, 0.15) is 98.5 Å². The summed E-state index contributed by atoms with van der Waals surface area (Å²) in [6, 6.07) is 18.6. The second kappa shape index (κ2) is 21.8. The molecule has 0 aromatic heterocycles. The number of carboxylic acids is 1. The summed E-state index contributed by atoms with van der Waals surface area (Å²) in [6.45, 7) is 6.30. The maximum absolute atomic E-state index is 11.9. The summed E-state index contributed by atoms with van der Waals surface area (Å²) in [4.78, 5) is 15.4. The van der Waals surface area contributed by atoms with E-state index in [1.807, 2.05) is 12.1 Å². The highest BCUT2D eigenvalue weighted by Crippen LogP contribution is 2.35. The third kappa shape index (κ3) is 12.7. The molecule has 1 saturated carbocycles. The Balaban J connectivity index is 0.000000463. The van der Waals surface area contributed by atoms with E-state index in [2.05, 4.69) is 34.1 Å². The number of hydrogen-bond donors (Lipinski definition) is 3. The first-order chi connectivity index (χ1) is 27.3. The predicted octanol–water partition coefficient (Wildman–Crippen LogP) is 8.23. The number of ether oxygens (including phenoxy) is 4. The molecule has 306 valence electrons. The van der Waals surface area contributed by atoms with Gasteiger partial charge in [0.2, 0.25) is 13.6 Å². The number of benzene rings is 3. The molecule has 3 aliphatic heterocycles. The lowest BCUT2D eigenvalue weighted by Crippen LogP contribution is -2.46. The van der Waals surface area contributed by atoms with Gasteiger partial charge in [-0.15, -0.1) is 0 Å². The van der Waals surface area contributed by atoms with Crippen molar-refractivity contribution in [3.63, 3.8) is 0 Å². The number of rotatable bonds is 12. The number of β-amino-alcohol motifs (C(OH)–C–C–N with tert-alkyl or cyclic N) is 1. The molecule has 4 atom stereocenters. The van der Waals surface area contributed by atoms with Crippen molar-refractivity contribution >= 4 is 17.6 Å². The molecule has 3 N–H and O–H groups in total. The Morgan fingerprint density at radius 3 is 1.73 bits per heavy atom. The number of fused-ring (bicyclic) bond motifs is 2. The van der Waals surface area contributed by atoms with Crippen LogP contribution in [0.25, 0.3) is 0 Å². The van der Waals surface area contributed by atoms with Crippen molar-refractivity contribution in [2.24, 2.45) is 11.8 Å². The minimum atomic E-state index is -0.934. The molecule has 2 fully saturated rings. The molecule has 4 unspecified atom stereocenters. The second-order valence-electron chi connectivity index (χ2n) is 15.9. The van der Waals surface area contributed by atoms with E-state index in [1.165, 1.54) is 42.5 Å². The predicted molar refractivity (Wildman–Crippen MR) is 218 cm³/mol. The number of hydrogen-bond acceptors (Lipinski definition) is 9. The summed E-state index contributed by atoms with van der Waals surface area (Å²) in [7, 11) is 0. The summed E-state index contributed by atoms with van der Waals surface area (Å²) < 4.78 is 22.1. The Morgan fingerprint density at radius 2 is 1.14 bits per heavy atom. The van der Waals surface area contributed by atoms with E-state index >= 15 is 0 Å². The van der Waals surface area contributed by atoms with Gasteiger partial charge in [-0.3, -0.25) is 0 Å². The zero-order valence-corrected chi connectivity index (χ0v) is 33.6. The molecule has 11 heteroatoms. The first kappa shape index (κ1) is 42.1. The van der Waals surface area contributed by atoms with Gasteiger partial charge in [0, 0.05) is 24.0 Å². The van der Waals surface area contributed by atoms with Crippen molar-refractivity contribution in [3.8, 4) is 23.0 Å². The monoisotopic (exact) mass is 792 g/mol. The molecular weight excluding hydrogens is 732 g/mol. The number of nitrogens with zero attached hydrogens (tertiary/aromatic N) is 2. The van der Waals surface area contributed by atoms with Crippen LogP contribution in [0.2, 0.25) is 5.02 Å². The fourth-order valence-electron chi connectivity index (χ4n) is 8.63. The molecule has 0 spiro atoms. The fourth-order valence-corrected chi connectivity index (χ4v) is 8.76. The third-order valence-electron chi connectivity index (χ3n) is 11.8. The van der Waals surface area contributed by atoms with E-state index in [1.54, 1.807) is 12.1 Å². The Kier molecular flexibility index (Phi) is 16.4. The normalized spacial score (nSPS) is 23.1. The van der Waals surface area contributed by atoms with E-state index in [9.17, 15) is 15.0 Å². The highest BCUT2D eigenvalue weighted by atomic mass is 35.5. The van der Waals surface area contributed by atoms with Gasteiger partial charge in [0.15, 0.2) is 23.0 Å². The van der Waals surface area contributed by atoms with Gasteiger partial charge in [-0.2, -0.15) is 0 Å². The van der Waals surface area contributed by atoms with E-state index in [0.29, 0.717) is 25.2 Å². The number of carbonyl (C=O) groups is 1. The van der Waals surface area contributed by atoms with Crippen LogP contribution in [-0.2, 0) is 12.8 Å². The smallest absolute Gasteiger partial charge is 0.335 e. The van der Waals surface area contributed by atoms with Crippen LogP contribution in [0.5, 0.6) is 23.0 Å². The number of aryl methyl sites for hydroxylation is 2. The summed E-state index contributed by atoms with van der Waals surface area (Å²) >= 11 is 5.52. The molecule has 0 bridgehead atoms. The van der Waals surface area contributed by atoms with Gasteiger partial charge in [0.05, 0.1) is 17.8 Å². The third-order valence-corrected chi connectivity index (χ3v) is 12.0. The zero-order chi connectivity index (χ0) is 39.1. The van der Waals surface area contributed by atoms with Crippen LogP contribution in [0.4, 0.5) is 0 Å². The van der Waals surface area contributed by atoms with Crippen LogP contribution >= 0.6 is 11.6 Å². The highest BCUT2D eigenvalue weighted by molar-refractivity contribution is 6.30. The van der Waals surface area contributed by atoms with Crippen molar-refractivity contribution in [1.82, 2.24) is 9.80 Å². The van der Waals surface area contributed by atoms with Gasteiger partial charge in [0.25, 0.3) is 0 Å². The molecule has 10 nitrogen and oxygen atoms in total. The van der Waals surface area contributed by atoms with E-state index in [4.69, 9.17) is 35.7 Å². The lowest BCUT2D eigenvalue weighted by molar-refractivity contribution is -0.0237. The second-order valence-corrected chi connectivity index (χ2v) is 16.3.